The summed E-state index contributed by atoms with van der Waals surface area (Å²) in [5, 5.41) is 6.12. The van der Waals surface area contributed by atoms with E-state index in [0.717, 1.165) is 25.7 Å². The van der Waals surface area contributed by atoms with Crippen LogP contribution in [0, 0.1) is 0 Å². The van der Waals surface area contributed by atoms with Gasteiger partial charge in [-0.25, -0.2) is 4.79 Å². The van der Waals surface area contributed by atoms with Gasteiger partial charge in [-0.3, -0.25) is 4.79 Å². The summed E-state index contributed by atoms with van der Waals surface area (Å²) in [7, 11) is 0. The molecule has 152 valence electrons. The fraction of sp³-hybridized carbons (Fsp3) is 0.364. The number of carbonyl (C=O) groups excluding carboxylic acids is 2. The van der Waals surface area contributed by atoms with Crippen LogP contribution in [-0.2, 0) is 4.74 Å². The molecule has 29 heavy (non-hydrogen) atoms. The van der Waals surface area contributed by atoms with Crippen molar-refractivity contribution in [1.29, 1.82) is 0 Å². The summed E-state index contributed by atoms with van der Waals surface area (Å²) >= 11 is 6.29. The maximum Gasteiger partial charge on any atom is 0.322 e. The Hall–Kier alpha value is -2.57. The number of para-hydroxylation sites is 1. The topological polar surface area (TPSA) is 70.7 Å². The highest BCUT2D eigenvalue weighted by Gasteiger charge is 2.36. The molecule has 6 nitrogen and oxygen atoms in total. The molecule has 0 unspecified atom stereocenters. The summed E-state index contributed by atoms with van der Waals surface area (Å²) in [5.41, 5.74) is 1.55. The van der Waals surface area contributed by atoms with Crippen LogP contribution in [-0.4, -0.2) is 42.1 Å². The van der Waals surface area contributed by atoms with Gasteiger partial charge in [0.15, 0.2) is 0 Å². The number of benzene rings is 2. The number of ether oxygens (including phenoxy) is 1. The van der Waals surface area contributed by atoms with Gasteiger partial charge in [0.1, 0.15) is 0 Å². The van der Waals surface area contributed by atoms with Gasteiger partial charge in [-0.05, 0) is 43.2 Å². The second-order valence-corrected chi connectivity index (χ2v) is 7.81. The first-order chi connectivity index (χ1) is 14.1. The fourth-order valence-electron chi connectivity index (χ4n) is 4.02. The Morgan fingerprint density at radius 3 is 2.66 bits per heavy atom. The minimum atomic E-state index is -0.262. The molecule has 1 heterocycles. The van der Waals surface area contributed by atoms with Gasteiger partial charge >= 0.3 is 6.03 Å². The average molecular weight is 414 g/mol. The predicted molar refractivity (Wildman–Crippen MR) is 114 cm³/mol. The van der Waals surface area contributed by atoms with Crippen LogP contribution in [0.2, 0.25) is 5.02 Å². The molecule has 1 saturated carbocycles. The molecule has 2 fully saturated rings. The highest BCUT2D eigenvalue weighted by Crippen LogP contribution is 2.30. The van der Waals surface area contributed by atoms with Crippen LogP contribution in [0.25, 0.3) is 0 Å². The van der Waals surface area contributed by atoms with E-state index in [9.17, 15) is 9.59 Å². The number of nitrogens with zero attached hydrogens (tertiary/aromatic N) is 1. The molecule has 2 aromatic carbocycles. The molecule has 0 spiro atoms. The van der Waals surface area contributed by atoms with E-state index in [0.29, 0.717) is 35.1 Å². The first kappa shape index (κ1) is 19.7. The van der Waals surface area contributed by atoms with Crippen molar-refractivity contribution in [3.63, 3.8) is 0 Å². The van der Waals surface area contributed by atoms with E-state index in [1.165, 1.54) is 0 Å². The minimum absolute atomic E-state index is 0.0980. The van der Waals surface area contributed by atoms with Crippen LogP contribution < -0.4 is 10.6 Å². The largest absolute Gasteiger partial charge is 0.374 e. The molecular formula is C22H24ClN3O3. The molecule has 0 radical (unpaired) electrons. The highest BCUT2D eigenvalue weighted by molar-refractivity contribution is 6.34. The number of hydrogen-bond acceptors (Lipinski definition) is 3. The number of carbonyl (C=O) groups is 2. The van der Waals surface area contributed by atoms with Crippen molar-refractivity contribution in [1.82, 2.24) is 4.90 Å². The summed E-state index contributed by atoms with van der Waals surface area (Å²) in [4.78, 5) is 27.4. The quantitative estimate of drug-likeness (QED) is 0.761. The standard InChI is InChI=1S/C22H24ClN3O3/c23-17-11-10-15(21(27)24-16-6-2-1-3-7-16)14-18(17)25-22(28)26-12-13-29-20-9-5-4-8-19(20)26/h1-3,6-7,10-11,14,19-20H,4-5,8-9,12-13H2,(H,24,27)(H,25,28)/t19-,20+/m1/s1. The molecule has 1 saturated heterocycles. The summed E-state index contributed by atoms with van der Waals surface area (Å²) in [6.45, 7) is 1.10. The molecule has 7 heteroatoms. The molecule has 3 amide bonds. The lowest BCUT2D eigenvalue weighted by Crippen LogP contribution is -2.56. The zero-order chi connectivity index (χ0) is 20.2. The van der Waals surface area contributed by atoms with Gasteiger partial charge in [-0.2, -0.15) is 0 Å². The third-order valence-corrected chi connectivity index (χ3v) is 5.82. The predicted octanol–water partition coefficient (Wildman–Crippen LogP) is 4.77. The van der Waals surface area contributed by atoms with Crippen LogP contribution in [0.1, 0.15) is 36.0 Å². The van der Waals surface area contributed by atoms with Crippen LogP contribution in [0.15, 0.2) is 48.5 Å². The average Bonchev–Trinajstić information content (AvgIpc) is 2.75. The SMILES string of the molecule is O=C(Nc1ccccc1)c1ccc(Cl)c(NC(=O)N2CCO[C@H]3CCCC[C@H]32)c1. The van der Waals surface area contributed by atoms with Crippen molar-refractivity contribution in [3.8, 4) is 0 Å². The molecule has 1 aliphatic carbocycles. The van der Waals surface area contributed by atoms with Crippen LogP contribution in [0.5, 0.6) is 0 Å². The lowest BCUT2D eigenvalue weighted by atomic mass is 9.90. The Morgan fingerprint density at radius 1 is 1.03 bits per heavy atom. The Bertz CT molecular complexity index is 888. The number of amides is 3. The van der Waals surface area contributed by atoms with Crippen molar-refractivity contribution in [2.75, 3.05) is 23.8 Å². The van der Waals surface area contributed by atoms with Crippen LogP contribution in [0.4, 0.5) is 16.2 Å². The number of nitrogens with one attached hydrogen (secondary N) is 2. The number of hydrogen-bond donors (Lipinski definition) is 2. The number of morpholine rings is 1. The second kappa shape index (κ2) is 8.84. The monoisotopic (exact) mass is 413 g/mol. The van der Waals surface area contributed by atoms with Gasteiger partial charge in [0.2, 0.25) is 0 Å². The molecule has 0 aromatic heterocycles. The molecule has 0 bridgehead atoms. The molecule has 2 atom stereocenters. The third-order valence-electron chi connectivity index (χ3n) is 5.49. The Morgan fingerprint density at radius 2 is 1.83 bits per heavy atom. The molecule has 1 aliphatic heterocycles. The van der Waals surface area contributed by atoms with E-state index < -0.39 is 0 Å². The Balaban J connectivity index is 1.47. The van der Waals surface area contributed by atoms with Gasteiger partial charge in [0.05, 0.1) is 29.5 Å². The maximum absolute atomic E-state index is 12.9. The molecule has 2 aliphatic rings. The van der Waals surface area contributed by atoms with Gasteiger partial charge in [-0.1, -0.05) is 42.6 Å². The number of halogens is 1. The normalized spacial score (nSPS) is 21.2. The Kier molecular flexibility index (Phi) is 6.02. The summed E-state index contributed by atoms with van der Waals surface area (Å²) in [6, 6.07) is 14.0. The summed E-state index contributed by atoms with van der Waals surface area (Å²) < 4.78 is 5.84. The van der Waals surface area contributed by atoms with E-state index in [1.807, 2.05) is 35.2 Å². The van der Waals surface area contributed by atoms with Gasteiger partial charge in [-0.15, -0.1) is 0 Å². The lowest BCUT2D eigenvalue weighted by Gasteiger charge is -2.43. The van der Waals surface area contributed by atoms with Gasteiger partial charge in [0, 0.05) is 17.8 Å². The molecule has 4 rings (SSSR count). The van der Waals surface area contributed by atoms with Crippen molar-refractivity contribution >= 4 is 34.9 Å². The summed E-state index contributed by atoms with van der Waals surface area (Å²) in [6.07, 6.45) is 4.29. The molecule has 2 N–H and O–H groups in total. The van der Waals surface area contributed by atoms with Crippen LogP contribution >= 0.6 is 11.6 Å². The first-order valence-electron chi connectivity index (χ1n) is 9.97. The van der Waals surface area contributed by atoms with Gasteiger partial charge < -0.3 is 20.3 Å². The fourth-order valence-corrected chi connectivity index (χ4v) is 4.19. The van der Waals surface area contributed by atoms with Crippen molar-refractivity contribution in [2.45, 2.75) is 37.8 Å². The second-order valence-electron chi connectivity index (χ2n) is 7.40. The van der Waals surface area contributed by atoms with E-state index in [1.54, 1.807) is 18.2 Å². The number of urea groups is 1. The molecule has 2 aromatic rings. The lowest BCUT2D eigenvalue weighted by molar-refractivity contribution is -0.0694. The minimum Gasteiger partial charge on any atom is -0.374 e. The highest BCUT2D eigenvalue weighted by atomic mass is 35.5. The Labute approximate surface area is 175 Å². The number of rotatable bonds is 3. The number of fused-ring (bicyclic) bond motifs is 1. The van der Waals surface area contributed by atoms with Crippen molar-refractivity contribution in [2.24, 2.45) is 0 Å². The zero-order valence-corrected chi connectivity index (χ0v) is 16.8. The van der Waals surface area contributed by atoms with E-state index in [4.69, 9.17) is 16.3 Å². The van der Waals surface area contributed by atoms with E-state index in [2.05, 4.69) is 10.6 Å². The maximum atomic E-state index is 12.9. The van der Waals surface area contributed by atoms with Crippen molar-refractivity contribution in [3.05, 3.63) is 59.1 Å². The zero-order valence-electron chi connectivity index (χ0n) is 16.1. The van der Waals surface area contributed by atoms with E-state index >= 15 is 0 Å². The van der Waals surface area contributed by atoms with E-state index in [-0.39, 0.29) is 24.1 Å². The first-order valence-corrected chi connectivity index (χ1v) is 10.3. The smallest absolute Gasteiger partial charge is 0.322 e. The third kappa shape index (κ3) is 4.54. The molecular weight excluding hydrogens is 390 g/mol. The number of anilines is 2. The van der Waals surface area contributed by atoms with Gasteiger partial charge in [0.25, 0.3) is 5.91 Å². The summed E-state index contributed by atoms with van der Waals surface area (Å²) in [5.74, 6) is -0.262. The van der Waals surface area contributed by atoms with Crippen LogP contribution in [0.3, 0.4) is 0 Å². The van der Waals surface area contributed by atoms with Crippen molar-refractivity contribution < 1.29 is 14.3 Å².